The van der Waals surface area contributed by atoms with E-state index >= 15 is 0 Å². The Morgan fingerprint density at radius 3 is 2.19 bits per heavy atom. The Hall–Kier alpha value is -2.87. The molecule has 0 aliphatic rings. The Morgan fingerprint density at radius 1 is 1.06 bits per heavy atom. The van der Waals surface area contributed by atoms with E-state index in [-0.39, 0.29) is 16.7 Å². The highest BCUT2D eigenvalue weighted by Crippen LogP contribution is 2.23. The number of amides is 2. The molecule has 2 aromatic rings. The molecule has 2 N–H and O–H groups in total. The third kappa shape index (κ3) is 6.07. The Morgan fingerprint density at radius 2 is 1.68 bits per heavy atom. The molecular weight excluding hydrogens is 414 g/mol. The summed E-state index contributed by atoms with van der Waals surface area (Å²) in [5.41, 5.74) is 1.44. The van der Waals surface area contributed by atoms with Crippen LogP contribution in [0.15, 0.2) is 53.4 Å². The molecule has 0 bridgehead atoms. The topological polar surface area (TPSA) is 95.6 Å². The van der Waals surface area contributed by atoms with Gasteiger partial charge in [-0.25, -0.2) is 8.42 Å². The van der Waals surface area contributed by atoms with Crippen LogP contribution in [0.2, 0.25) is 0 Å². The van der Waals surface area contributed by atoms with E-state index in [1.807, 2.05) is 31.2 Å². The van der Waals surface area contributed by atoms with E-state index in [9.17, 15) is 18.0 Å². The summed E-state index contributed by atoms with van der Waals surface area (Å²) in [4.78, 5) is 27.2. The number of sulfone groups is 1. The number of aryl methyl sites for hydroxylation is 1. The number of para-hydroxylation sites is 1. The first-order chi connectivity index (χ1) is 14.5. The Balaban J connectivity index is 2.17. The molecular formula is C23H31N3O4S. The molecule has 0 heterocycles. The van der Waals surface area contributed by atoms with Crippen LogP contribution in [0.1, 0.15) is 31.9 Å². The van der Waals surface area contributed by atoms with Crippen molar-refractivity contribution in [3.63, 3.8) is 0 Å². The van der Waals surface area contributed by atoms with Crippen molar-refractivity contribution in [3.05, 3.63) is 59.7 Å². The summed E-state index contributed by atoms with van der Waals surface area (Å²) in [5, 5.41) is 5.62. The maximum absolute atomic E-state index is 13.1. The van der Waals surface area contributed by atoms with E-state index < -0.39 is 15.4 Å². The van der Waals surface area contributed by atoms with Gasteiger partial charge in [0.2, 0.25) is 11.8 Å². The van der Waals surface area contributed by atoms with Crippen molar-refractivity contribution in [1.29, 1.82) is 0 Å². The van der Waals surface area contributed by atoms with Gasteiger partial charge < -0.3 is 15.5 Å². The standard InChI is InChI=1S/C23H31N3O4S/c1-6-26(21-10-8-7-9-17(21)2)16-15-24-22(28)23(4,25-18(3)27)19-11-13-20(14-12-19)31(5,29)30/h7-14H,6,15-16H2,1-5H3,(H,24,28)(H,25,27). The fourth-order valence-corrected chi connectivity index (χ4v) is 4.13. The normalized spacial score (nSPS) is 13.2. The summed E-state index contributed by atoms with van der Waals surface area (Å²) in [6, 6.07) is 14.1. The van der Waals surface area contributed by atoms with Crippen molar-refractivity contribution < 1.29 is 18.0 Å². The average molecular weight is 446 g/mol. The number of rotatable bonds is 9. The van der Waals surface area contributed by atoms with Crippen molar-refractivity contribution in [1.82, 2.24) is 10.6 Å². The van der Waals surface area contributed by atoms with Gasteiger partial charge in [-0.05, 0) is 50.1 Å². The molecule has 31 heavy (non-hydrogen) atoms. The lowest BCUT2D eigenvalue weighted by atomic mass is 9.90. The summed E-state index contributed by atoms with van der Waals surface area (Å²) < 4.78 is 23.5. The van der Waals surface area contributed by atoms with E-state index in [1.165, 1.54) is 19.1 Å². The highest BCUT2D eigenvalue weighted by Gasteiger charge is 2.36. The summed E-state index contributed by atoms with van der Waals surface area (Å²) >= 11 is 0. The number of carbonyl (C=O) groups excluding carboxylic acids is 2. The van der Waals surface area contributed by atoms with Gasteiger partial charge in [-0.2, -0.15) is 0 Å². The van der Waals surface area contributed by atoms with Gasteiger partial charge in [0.15, 0.2) is 9.84 Å². The van der Waals surface area contributed by atoms with Crippen molar-refractivity contribution in [3.8, 4) is 0 Å². The maximum Gasteiger partial charge on any atom is 0.250 e. The van der Waals surface area contributed by atoms with Crippen LogP contribution in [-0.4, -0.2) is 46.1 Å². The summed E-state index contributed by atoms with van der Waals surface area (Å²) in [6.07, 6.45) is 1.12. The smallest absolute Gasteiger partial charge is 0.250 e. The molecule has 0 radical (unpaired) electrons. The quantitative estimate of drug-likeness (QED) is 0.618. The molecule has 168 valence electrons. The van der Waals surface area contributed by atoms with E-state index in [2.05, 4.69) is 22.5 Å². The fourth-order valence-electron chi connectivity index (χ4n) is 3.50. The third-order valence-corrected chi connectivity index (χ3v) is 6.37. The van der Waals surface area contributed by atoms with Gasteiger partial charge in [0.1, 0.15) is 5.54 Å². The van der Waals surface area contributed by atoms with E-state index in [4.69, 9.17) is 0 Å². The second-order valence-electron chi connectivity index (χ2n) is 7.72. The van der Waals surface area contributed by atoms with Gasteiger partial charge in [-0.1, -0.05) is 30.3 Å². The monoisotopic (exact) mass is 445 g/mol. The number of benzene rings is 2. The van der Waals surface area contributed by atoms with Crippen LogP contribution < -0.4 is 15.5 Å². The molecule has 0 fully saturated rings. The minimum Gasteiger partial charge on any atom is -0.370 e. The molecule has 2 aromatic carbocycles. The zero-order valence-corrected chi connectivity index (χ0v) is 19.5. The molecule has 2 amide bonds. The number of nitrogens with zero attached hydrogens (tertiary/aromatic N) is 1. The van der Waals surface area contributed by atoms with Crippen LogP contribution in [-0.2, 0) is 25.0 Å². The lowest BCUT2D eigenvalue weighted by molar-refractivity contribution is -0.132. The van der Waals surface area contributed by atoms with Gasteiger partial charge in [0.25, 0.3) is 0 Å². The molecule has 0 aliphatic heterocycles. The molecule has 1 atom stereocenters. The van der Waals surface area contributed by atoms with Crippen LogP contribution in [0, 0.1) is 6.92 Å². The average Bonchev–Trinajstić information content (AvgIpc) is 2.70. The van der Waals surface area contributed by atoms with Crippen LogP contribution in [0.25, 0.3) is 0 Å². The van der Waals surface area contributed by atoms with Crippen molar-refractivity contribution in [2.24, 2.45) is 0 Å². The maximum atomic E-state index is 13.1. The third-order valence-electron chi connectivity index (χ3n) is 5.25. The first kappa shape index (κ1) is 24.4. The molecule has 1 unspecified atom stereocenters. The number of anilines is 1. The highest BCUT2D eigenvalue weighted by atomic mass is 32.2. The van der Waals surface area contributed by atoms with E-state index in [0.717, 1.165) is 24.1 Å². The second-order valence-corrected chi connectivity index (χ2v) is 9.74. The summed E-state index contributed by atoms with van der Waals surface area (Å²) in [5.74, 6) is -0.726. The first-order valence-corrected chi connectivity index (χ1v) is 12.1. The predicted octanol–water partition coefficient (Wildman–Crippen LogP) is 2.39. The van der Waals surface area contributed by atoms with Gasteiger partial charge in [0.05, 0.1) is 4.90 Å². The Labute approximate surface area is 184 Å². The fraction of sp³-hybridized carbons (Fsp3) is 0.391. The van der Waals surface area contributed by atoms with E-state index in [0.29, 0.717) is 18.7 Å². The van der Waals surface area contributed by atoms with Crippen molar-refractivity contribution >= 4 is 27.3 Å². The molecule has 0 aromatic heterocycles. The van der Waals surface area contributed by atoms with E-state index in [1.54, 1.807) is 19.1 Å². The number of likely N-dealkylation sites (N-methyl/N-ethyl adjacent to an activating group) is 1. The first-order valence-electron chi connectivity index (χ1n) is 10.2. The SMILES string of the molecule is CCN(CCNC(=O)C(C)(NC(C)=O)c1ccc(S(C)(=O)=O)cc1)c1ccccc1C. The van der Waals surface area contributed by atoms with Crippen LogP contribution in [0.3, 0.4) is 0 Å². The van der Waals surface area contributed by atoms with Gasteiger partial charge >= 0.3 is 0 Å². The van der Waals surface area contributed by atoms with Crippen molar-refractivity contribution in [2.75, 3.05) is 30.8 Å². The predicted molar refractivity (Wildman–Crippen MR) is 123 cm³/mol. The molecule has 0 spiro atoms. The minimum atomic E-state index is -3.36. The molecule has 0 saturated heterocycles. The van der Waals surface area contributed by atoms with Gasteiger partial charge in [-0.3, -0.25) is 9.59 Å². The molecule has 0 saturated carbocycles. The van der Waals surface area contributed by atoms with Crippen LogP contribution >= 0.6 is 0 Å². The molecule has 2 rings (SSSR count). The number of hydrogen-bond donors (Lipinski definition) is 2. The van der Waals surface area contributed by atoms with Crippen LogP contribution in [0.5, 0.6) is 0 Å². The zero-order chi connectivity index (χ0) is 23.2. The largest absolute Gasteiger partial charge is 0.370 e. The highest BCUT2D eigenvalue weighted by molar-refractivity contribution is 7.90. The molecule has 8 heteroatoms. The number of nitrogens with one attached hydrogen (secondary N) is 2. The summed E-state index contributed by atoms with van der Waals surface area (Å²) in [6.45, 7) is 8.83. The lowest BCUT2D eigenvalue weighted by Crippen LogP contribution is -2.54. The van der Waals surface area contributed by atoms with Gasteiger partial charge in [-0.15, -0.1) is 0 Å². The molecule has 7 nitrogen and oxygen atoms in total. The zero-order valence-electron chi connectivity index (χ0n) is 18.7. The Bertz CT molecular complexity index is 1040. The van der Waals surface area contributed by atoms with Crippen molar-refractivity contribution in [2.45, 2.75) is 38.1 Å². The second kappa shape index (κ2) is 9.96. The molecule has 0 aliphatic carbocycles. The van der Waals surface area contributed by atoms with Gasteiger partial charge in [0, 0.05) is 38.5 Å². The summed E-state index contributed by atoms with van der Waals surface area (Å²) in [7, 11) is -3.36. The number of hydrogen-bond acceptors (Lipinski definition) is 5. The lowest BCUT2D eigenvalue weighted by Gasteiger charge is -2.31. The minimum absolute atomic E-state index is 0.152. The Kier molecular flexibility index (Phi) is 7.84. The number of carbonyl (C=O) groups is 2. The van der Waals surface area contributed by atoms with Crippen LogP contribution in [0.4, 0.5) is 5.69 Å².